The van der Waals surface area contributed by atoms with Crippen LogP contribution in [0.15, 0.2) is 0 Å². The summed E-state index contributed by atoms with van der Waals surface area (Å²) in [6.45, 7) is 5.31. The third kappa shape index (κ3) is 3.64. The molecule has 4 N–H and O–H groups in total. The molecule has 1 fully saturated rings. The van der Waals surface area contributed by atoms with Gasteiger partial charge >= 0.3 is 11.9 Å². The molecule has 0 radical (unpaired) electrons. The first-order valence-electron chi connectivity index (χ1n) is 7.49. The van der Waals surface area contributed by atoms with Crippen LogP contribution in [0.5, 0.6) is 0 Å². The lowest BCUT2D eigenvalue weighted by atomic mass is 9.67. The molecule has 0 spiro atoms. The molecule has 1 aliphatic heterocycles. The monoisotopic (exact) mass is 314 g/mol. The number of ketones is 1. The maximum atomic E-state index is 12.5. The molecule has 126 valence electrons. The van der Waals surface area contributed by atoms with E-state index in [-0.39, 0.29) is 12.0 Å². The van der Waals surface area contributed by atoms with Crippen molar-refractivity contribution in [3.63, 3.8) is 0 Å². The molecule has 0 aromatic carbocycles. The minimum Gasteiger partial charge on any atom is -0.480 e. The predicted octanol–water partition coefficient (Wildman–Crippen LogP) is 0.570. The number of likely N-dealkylation sites (tertiary alicyclic amines) is 1. The highest BCUT2D eigenvalue weighted by Gasteiger charge is 2.58. The Kier molecular flexibility index (Phi) is 5.70. The summed E-state index contributed by atoms with van der Waals surface area (Å²) in [6, 6.07) is 0. The van der Waals surface area contributed by atoms with Crippen molar-refractivity contribution in [1.29, 1.82) is 0 Å². The largest absolute Gasteiger partial charge is 0.480 e. The third-order valence-corrected chi connectivity index (χ3v) is 4.19. The Morgan fingerprint density at radius 2 is 1.86 bits per heavy atom. The maximum absolute atomic E-state index is 12.5. The van der Waals surface area contributed by atoms with Crippen LogP contribution in [0.2, 0.25) is 0 Å². The molecular formula is C15H26N2O5. The molecular weight excluding hydrogens is 288 g/mol. The van der Waals surface area contributed by atoms with Crippen LogP contribution in [0.4, 0.5) is 0 Å². The molecule has 0 amide bonds. The lowest BCUT2D eigenvalue weighted by Crippen LogP contribution is -2.69. The fourth-order valence-electron chi connectivity index (χ4n) is 3.52. The second-order valence-corrected chi connectivity index (χ2v) is 7.12. The van der Waals surface area contributed by atoms with Crippen molar-refractivity contribution in [2.24, 2.45) is 17.1 Å². The van der Waals surface area contributed by atoms with Crippen LogP contribution in [0, 0.1) is 11.3 Å². The minimum absolute atomic E-state index is 0.174. The zero-order valence-electron chi connectivity index (χ0n) is 13.5. The molecule has 7 nitrogen and oxygen atoms in total. The summed E-state index contributed by atoms with van der Waals surface area (Å²) in [6.07, 6.45) is 1.76. The SMILES string of the molecule is CC(C)(C)CC1CCCN(CC(=O)O)C1(C(=O)O)C(=O)CN. The molecule has 1 heterocycles. The van der Waals surface area contributed by atoms with E-state index in [2.05, 4.69) is 0 Å². The first kappa shape index (κ1) is 18.6. The van der Waals surface area contributed by atoms with Crippen molar-refractivity contribution in [3.8, 4) is 0 Å². The number of piperidine rings is 1. The van der Waals surface area contributed by atoms with E-state index in [0.717, 1.165) is 0 Å². The van der Waals surface area contributed by atoms with Crippen LogP contribution < -0.4 is 5.73 Å². The standard InChI is InChI=1S/C15H26N2O5/c1-14(2,3)7-10-5-4-6-17(9-12(19)20)15(10,13(21)22)11(18)8-16/h10H,4-9,16H2,1-3H3,(H,19,20)(H,21,22). The summed E-state index contributed by atoms with van der Waals surface area (Å²) in [4.78, 5) is 36.9. The van der Waals surface area contributed by atoms with Crippen LogP contribution >= 0.6 is 0 Å². The maximum Gasteiger partial charge on any atom is 0.332 e. The number of nitrogens with two attached hydrogens (primary N) is 1. The Hall–Kier alpha value is -1.47. The number of hydrogen-bond donors (Lipinski definition) is 3. The van der Waals surface area contributed by atoms with Crippen molar-refractivity contribution in [1.82, 2.24) is 4.90 Å². The highest BCUT2D eigenvalue weighted by atomic mass is 16.4. The lowest BCUT2D eigenvalue weighted by Gasteiger charge is -2.48. The van der Waals surface area contributed by atoms with Gasteiger partial charge in [0, 0.05) is 6.54 Å². The molecule has 0 aliphatic carbocycles. The van der Waals surface area contributed by atoms with Crippen molar-refractivity contribution >= 4 is 17.7 Å². The number of nitrogens with zero attached hydrogens (tertiary/aromatic N) is 1. The number of carboxylic acids is 2. The van der Waals surface area contributed by atoms with Gasteiger partial charge in [-0.2, -0.15) is 0 Å². The van der Waals surface area contributed by atoms with E-state index < -0.39 is 42.3 Å². The molecule has 2 atom stereocenters. The lowest BCUT2D eigenvalue weighted by molar-refractivity contribution is -0.169. The number of hydrogen-bond acceptors (Lipinski definition) is 5. The average Bonchev–Trinajstić information content (AvgIpc) is 2.35. The summed E-state index contributed by atoms with van der Waals surface area (Å²) < 4.78 is 0. The smallest absolute Gasteiger partial charge is 0.332 e. The second kappa shape index (κ2) is 6.75. The first-order chi connectivity index (χ1) is 10.1. The Morgan fingerprint density at radius 3 is 2.27 bits per heavy atom. The van der Waals surface area contributed by atoms with Gasteiger partial charge in [0.05, 0.1) is 13.1 Å². The van der Waals surface area contributed by atoms with Gasteiger partial charge in [-0.3, -0.25) is 14.5 Å². The molecule has 1 saturated heterocycles. The molecule has 0 saturated carbocycles. The zero-order chi connectivity index (χ0) is 17.1. The summed E-state index contributed by atoms with van der Waals surface area (Å²) in [5, 5.41) is 18.9. The van der Waals surface area contributed by atoms with Crippen LogP contribution in [-0.2, 0) is 14.4 Å². The van der Waals surface area contributed by atoms with Gasteiger partial charge in [-0.05, 0) is 30.6 Å². The minimum atomic E-state index is -1.83. The second-order valence-electron chi connectivity index (χ2n) is 7.12. The van der Waals surface area contributed by atoms with Gasteiger partial charge in [-0.1, -0.05) is 20.8 Å². The highest BCUT2D eigenvalue weighted by Crippen LogP contribution is 2.41. The molecule has 0 bridgehead atoms. The third-order valence-electron chi connectivity index (χ3n) is 4.19. The fraction of sp³-hybridized carbons (Fsp3) is 0.800. The number of rotatable bonds is 6. The Morgan fingerprint density at radius 1 is 1.27 bits per heavy atom. The molecule has 1 aliphatic rings. The molecule has 0 aromatic heterocycles. The van der Waals surface area contributed by atoms with Crippen molar-refractivity contribution in [3.05, 3.63) is 0 Å². The number of Topliss-reactive ketones (excluding diaryl/α,β-unsaturated/α-hetero) is 1. The van der Waals surface area contributed by atoms with Gasteiger partial charge in [0.25, 0.3) is 0 Å². The van der Waals surface area contributed by atoms with Gasteiger partial charge in [0.1, 0.15) is 0 Å². The Balaban J connectivity index is 3.36. The van der Waals surface area contributed by atoms with E-state index in [9.17, 15) is 19.5 Å². The number of aliphatic carboxylic acids is 2. The van der Waals surface area contributed by atoms with Gasteiger partial charge in [-0.25, -0.2) is 4.79 Å². The number of carbonyl (C=O) groups excluding carboxylic acids is 1. The van der Waals surface area contributed by atoms with Crippen molar-refractivity contribution in [2.45, 2.75) is 45.6 Å². The molecule has 0 aromatic rings. The summed E-state index contributed by atoms with van der Waals surface area (Å²) in [5.41, 5.74) is 3.45. The molecule has 2 unspecified atom stereocenters. The van der Waals surface area contributed by atoms with E-state index in [4.69, 9.17) is 10.8 Å². The van der Waals surface area contributed by atoms with Crippen LogP contribution in [-0.4, -0.2) is 58.0 Å². The zero-order valence-corrected chi connectivity index (χ0v) is 13.5. The first-order valence-corrected chi connectivity index (χ1v) is 7.49. The summed E-state index contributed by atoms with van der Waals surface area (Å²) in [5.74, 6) is -3.51. The molecule has 1 rings (SSSR count). The van der Waals surface area contributed by atoms with Gasteiger partial charge in [0.2, 0.25) is 0 Å². The van der Waals surface area contributed by atoms with Crippen molar-refractivity contribution in [2.75, 3.05) is 19.6 Å². The van der Waals surface area contributed by atoms with Crippen LogP contribution in [0.25, 0.3) is 0 Å². The molecule has 7 heteroatoms. The van der Waals surface area contributed by atoms with E-state index in [0.29, 0.717) is 19.3 Å². The summed E-state index contributed by atoms with van der Waals surface area (Å²) >= 11 is 0. The average molecular weight is 314 g/mol. The van der Waals surface area contributed by atoms with Gasteiger partial charge in [0.15, 0.2) is 11.3 Å². The Labute approximate surface area is 130 Å². The van der Waals surface area contributed by atoms with E-state index >= 15 is 0 Å². The van der Waals surface area contributed by atoms with Gasteiger partial charge in [-0.15, -0.1) is 0 Å². The quantitative estimate of drug-likeness (QED) is 0.613. The Bertz CT molecular complexity index is 457. The number of carboxylic acid groups (broad SMARTS) is 2. The topological polar surface area (TPSA) is 121 Å². The predicted molar refractivity (Wildman–Crippen MR) is 80.4 cm³/mol. The van der Waals surface area contributed by atoms with Crippen LogP contribution in [0.3, 0.4) is 0 Å². The van der Waals surface area contributed by atoms with E-state index in [1.807, 2.05) is 20.8 Å². The van der Waals surface area contributed by atoms with E-state index in [1.165, 1.54) is 4.90 Å². The fourth-order valence-corrected chi connectivity index (χ4v) is 3.52. The number of carbonyl (C=O) groups is 3. The normalized spacial score (nSPS) is 26.6. The van der Waals surface area contributed by atoms with Crippen LogP contribution in [0.1, 0.15) is 40.0 Å². The van der Waals surface area contributed by atoms with E-state index in [1.54, 1.807) is 0 Å². The summed E-state index contributed by atoms with van der Waals surface area (Å²) in [7, 11) is 0. The van der Waals surface area contributed by atoms with Gasteiger partial charge < -0.3 is 15.9 Å². The molecule has 22 heavy (non-hydrogen) atoms. The van der Waals surface area contributed by atoms with Crippen molar-refractivity contribution < 1.29 is 24.6 Å². The highest BCUT2D eigenvalue weighted by molar-refractivity contribution is 6.09.